The molecule has 1 N–H and O–H groups in total. The molecule has 0 unspecified atom stereocenters. The molecule has 2 aliphatic carbocycles. The molecule has 7 nitrogen and oxygen atoms in total. The number of rotatable bonds is 8. The van der Waals surface area contributed by atoms with Crippen LogP contribution in [0, 0.1) is 23.5 Å². The van der Waals surface area contributed by atoms with Crippen molar-refractivity contribution in [2.24, 2.45) is 11.8 Å². The van der Waals surface area contributed by atoms with Gasteiger partial charge in [-0.05, 0) is 84.7 Å². The maximum atomic E-state index is 14.3. The molecular formula is C37H39BrF2K2N2O5S2. The Labute approximate surface area is 400 Å². The molecule has 2 aromatic carbocycles. The van der Waals surface area contributed by atoms with Gasteiger partial charge in [-0.3, -0.25) is 19.3 Å². The van der Waals surface area contributed by atoms with Gasteiger partial charge in [-0.2, -0.15) is 0 Å². The number of fused-ring (bicyclic) bond motifs is 2. The van der Waals surface area contributed by atoms with Gasteiger partial charge >= 0.3 is 103 Å². The molecule has 2 saturated carbocycles. The number of thiophene rings is 2. The molecule has 2 aromatic heterocycles. The molecular weight excluding hydrogens is 813 g/mol. The summed E-state index contributed by atoms with van der Waals surface area (Å²) in [6, 6.07) is 14.0. The van der Waals surface area contributed by atoms with Gasteiger partial charge in [0.1, 0.15) is 11.6 Å². The number of halogens is 3. The Balaban J connectivity index is 0.000000269. The van der Waals surface area contributed by atoms with Crippen molar-refractivity contribution in [2.45, 2.75) is 63.5 Å². The number of hydrogen-bond acceptors (Lipinski definition) is 9. The van der Waals surface area contributed by atoms with Crippen molar-refractivity contribution in [2.75, 3.05) is 13.1 Å². The third-order valence-electron chi connectivity index (χ3n) is 8.79. The van der Waals surface area contributed by atoms with E-state index in [-0.39, 0.29) is 146 Å². The van der Waals surface area contributed by atoms with E-state index in [0.29, 0.717) is 34.1 Å². The van der Waals surface area contributed by atoms with E-state index in [1.807, 2.05) is 11.3 Å². The van der Waals surface area contributed by atoms with E-state index in [4.69, 9.17) is 10.1 Å². The summed E-state index contributed by atoms with van der Waals surface area (Å²) < 4.78 is 27.6. The second-order valence-corrected chi connectivity index (χ2v) is 14.8. The van der Waals surface area contributed by atoms with E-state index in [1.54, 1.807) is 40.5 Å². The molecule has 4 aliphatic rings. The third kappa shape index (κ3) is 13.4. The van der Waals surface area contributed by atoms with Crippen molar-refractivity contribution in [3.05, 3.63) is 114 Å². The fraction of sp³-hybridized carbons (Fsp3) is 0.378. The van der Waals surface area contributed by atoms with Crippen molar-refractivity contribution in [3.8, 4) is 0 Å². The number of carbonyl (C=O) groups is 3. The summed E-state index contributed by atoms with van der Waals surface area (Å²) in [6.45, 7) is 4.37. The van der Waals surface area contributed by atoms with E-state index >= 15 is 0 Å². The minimum Gasteiger partial charge on any atom is -1.00 e. The maximum absolute atomic E-state index is 14.3. The number of Topliss-reactive ketones (excluding diaryl/α,β-unsaturated/α-hetero) is 2. The monoisotopic (exact) mass is 850 g/mol. The number of benzene rings is 2. The number of hydrogen-bond donors (Lipinski definition) is 1. The average molecular weight is 852 g/mol. The first-order valence-corrected chi connectivity index (χ1v) is 19.2. The molecule has 0 bridgehead atoms. The summed E-state index contributed by atoms with van der Waals surface area (Å²) in [5.41, 5.74) is 5.07. The van der Waals surface area contributed by atoms with Crippen molar-refractivity contribution in [1.82, 2.24) is 10.2 Å². The first-order chi connectivity index (χ1) is 23.8. The molecule has 4 aromatic rings. The number of alkyl halides is 1. The van der Waals surface area contributed by atoms with Gasteiger partial charge in [0, 0.05) is 81.9 Å². The normalized spacial score (nSPS) is 15.6. The molecule has 0 radical (unpaired) electrons. The van der Waals surface area contributed by atoms with Gasteiger partial charge in [0.25, 0.3) is 6.47 Å². The Morgan fingerprint density at radius 2 is 1.41 bits per heavy atom. The van der Waals surface area contributed by atoms with Crippen LogP contribution < -0.4 is 113 Å². The zero-order valence-electron chi connectivity index (χ0n) is 29.9. The predicted octanol–water partition coefficient (Wildman–Crippen LogP) is 1.30. The molecule has 0 amide bonds. The van der Waals surface area contributed by atoms with Crippen LogP contribution in [0.5, 0.6) is 0 Å². The summed E-state index contributed by atoms with van der Waals surface area (Å²) in [7, 11) is 0. The number of ketones is 2. The van der Waals surface area contributed by atoms with Crippen LogP contribution in [0.3, 0.4) is 0 Å². The van der Waals surface area contributed by atoms with E-state index in [2.05, 4.69) is 53.9 Å². The molecule has 0 saturated heterocycles. The Morgan fingerprint density at radius 1 is 0.882 bits per heavy atom. The van der Waals surface area contributed by atoms with Crippen LogP contribution in [0.25, 0.3) is 0 Å². The van der Waals surface area contributed by atoms with Gasteiger partial charge in [0.2, 0.25) is 0 Å². The van der Waals surface area contributed by atoms with Gasteiger partial charge in [-0.15, -0.1) is 22.7 Å². The fourth-order valence-electron chi connectivity index (χ4n) is 5.84. The van der Waals surface area contributed by atoms with Crippen LogP contribution in [-0.4, -0.2) is 36.0 Å². The van der Waals surface area contributed by atoms with Gasteiger partial charge in [0.15, 0.2) is 11.6 Å². The second kappa shape index (κ2) is 23.3. The average Bonchev–Trinajstić information content (AvgIpc) is 4.06. The molecule has 0 spiro atoms. The second-order valence-electron chi connectivity index (χ2n) is 12.3. The Bertz CT molecular complexity index is 1740. The Morgan fingerprint density at radius 3 is 1.94 bits per heavy atom. The maximum Gasteiger partial charge on any atom is 1.00 e. The summed E-state index contributed by atoms with van der Waals surface area (Å²) >= 11 is 6.89. The summed E-state index contributed by atoms with van der Waals surface area (Å²) in [5.74, 6) is -0.0438. The van der Waals surface area contributed by atoms with Gasteiger partial charge < -0.3 is 16.9 Å². The van der Waals surface area contributed by atoms with Crippen LogP contribution in [0.15, 0.2) is 59.3 Å². The van der Waals surface area contributed by atoms with Crippen molar-refractivity contribution >= 4 is 56.6 Å². The first-order valence-electron chi connectivity index (χ1n) is 16.3. The number of carbonyl (C=O) groups excluding carboxylic acids is 3. The van der Waals surface area contributed by atoms with Crippen LogP contribution in [0.1, 0.15) is 79.8 Å². The minimum absolute atomic E-state index is 0. The molecule has 262 valence electrons. The molecule has 2 fully saturated rings. The Kier molecular flexibility index (Phi) is 20.8. The largest absolute Gasteiger partial charge is 1.00 e. The van der Waals surface area contributed by atoms with Gasteiger partial charge in [-0.1, -0.05) is 40.2 Å². The zero-order valence-corrected chi connectivity index (χ0v) is 38.4. The topological polar surface area (TPSA) is 98.8 Å². The molecule has 51 heavy (non-hydrogen) atoms. The molecule has 8 rings (SSSR count). The van der Waals surface area contributed by atoms with Crippen molar-refractivity contribution in [3.63, 3.8) is 0 Å². The smallest absolute Gasteiger partial charge is 1.00 e. The summed E-state index contributed by atoms with van der Waals surface area (Å²) in [4.78, 5) is 40.7. The van der Waals surface area contributed by atoms with Crippen molar-refractivity contribution < 1.29 is 138 Å². The number of nitrogens with zero attached hydrogens (tertiary/aromatic N) is 1. The van der Waals surface area contributed by atoms with Crippen LogP contribution in [0.2, 0.25) is 0 Å². The molecule has 0 atom stereocenters. The zero-order chi connectivity index (χ0) is 34.8. The quantitative estimate of drug-likeness (QED) is 0.0714. The van der Waals surface area contributed by atoms with Crippen LogP contribution in [0.4, 0.5) is 8.78 Å². The number of nitrogens with one attached hydrogen (secondary N) is 1. The SMILES string of the molecule is O=C(c1cccc(F)c1CBr)C1CC1.O=C(c1cccc(F)c1CN1CCc2sccc2C1)C1CC1.O=CO[O-].[H-].[K+].[K+].c1cc2c(s1)CCNC2. The summed E-state index contributed by atoms with van der Waals surface area (Å²) in [5, 5.41) is 16.5. The fourth-order valence-corrected chi connectivity index (χ4v) is 8.21. The van der Waals surface area contributed by atoms with E-state index < -0.39 is 0 Å². The van der Waals surface area contributed by atoms with E-state index in [1.165, 1.54) is 34.6 Å². The van der Waals surface area contributed by atoms with Crippen LogP contribution >= 0.6 is 38.6 Å². The standard InChI is InChI=1S/C18H18FNOS.C11H10BrFO.C7H9NS.CH2O3.2K.H/c19-16-3-1-2-14(18(21)12-4-5-12)15(16)11-20-8-6-17-13(10-20)7-9-22-17;12-6-9-8(2-1-3-10(9)13)11(14)7-4-5-7;1-3-8-5-6-2-4-9-7(1)6;2-1-4-3;;;/h1-3,7,9,12H,4-6,8,10-11H2;1-3,7H,4-6H2;2,4,8H,1,3,5H2;1,3H;;;/q;;;;2*+1;-1/p-1. The third-order valence-corrected chi connectivity index (χ3v) is 11.4. The molecule has 4 heterocycles. The Hall–Kier alpha value is 0.143. The molecule has 14 heteroatoms. The molecule has 2 aliphatic heterocycles. The van der Waals surface area contributed by atoms with E-state index in [9.17, 15) is 18.4 Å². The van der Waals surface area contributed by atoms with E-state index in [0.717, 1.165) is 58.3 Å². The minimum atomic E-state index is -0.298. The van der Waals surface area contributed by atoms with Gasteiger partial charge in [0.05, 0.1) is 0 Å². The van der Waals surface area contributed by atoms with Crippen LogP contribution in [-0.2, 0) is 47.5 Å². The van der Waals surface area contributed by atoms with Crippen molar-refractivity contribution in [1.29, 1.82) is 0 Å². The predicted molar refractivity (Wildman–Crippen MR) is 190 cm³/mol. The summed E-state index contributed by atoms with van der Waals surface area (Å²) in [6.07, 6.45) is 6.07. The van der Waals surface area contributed by atoms with Gasteiger partial charge in [-0.25, -0.2) is 8.78 Å². The first kappa shape index (κ1) is 45.5.